The van der Waals surface area contributed by atoms with Gasteiger partial charge in [-0.1, -0.05) is 12.8 Å². The molecule has 0 unspecified atom stereocenters. The van der Waals surface area contributed by atoms with Gasteiger partial charge in [0.2, 0.25) is 5.91 Å². The van der Waals surface area contributed by atoms with Crippen molar-refractivity contribution >= 4 is 17.3 Å². The molecule has 1 heterocycles. The van der Waals surface area contributed by atoms with Crippen molar-refractivity contribution in [3.8, 4) is 0 Å². The lowest BCUT2D eigenvalue weighted by Crippen LogP contribution is -2.51. The van der Waals surface area contributed by atoms with Gasteiger partial charge in [0.05, 0.1) is 11.5 Å². The molecule has 0 atom stereocenters. The molecular formula is C16H21N3O3. The van der Waals surface area contributed by atoms with E-state index in [9.17, 15) is 14.9 Å². The molecule has 1 aromatic carbocycles. The van der Waals surface area contributed by atoms with Crippen LogP contribution in [0.4, 0.5) is 11.4 Å². The number of carbonyl (C=O) groups excluding carboxylic acids is 1. The Morgan fingerprint density at radius 1 is 1.14 bits per heavy atom. The number of carbonyl (C=O) groups is 1. The van der Waals surface area contributed by atoms with E-state index in [2.05, 4.69) is 0 Å². The molecule has 1 saturated carbocycles. The van der Waals surface area contributed by atoms with Crippen molar-refractivity contribution in [3.63, 3.8) is 0 Å². The van der Waals surface area contributed by atoms with Gasteiger partial charge in [-0.15, -0.1) is 0 Å². The molecule has 6 heteroatoms. The third-order valence-electron chi connectivity index (χ3n) is 4.70. The number of nitro benzene ring substituents is 1. The van der Waals surface area contributed by atoms with Crippen LogP contribution in [-0.2, 0) is 4.79 Å². The van der Waals surface area contributed by atoms with E-state index >= 15 is 0 Å². The Morgan fingerprint density at radius 2 is 1.82 bits per heavy atom. The molecule has 1 aliphatic carbocycles. The molecule has 1 saturated heterocycles. The molecule has 0 spiro atoms. The Labute approximate surface area is 129 Å². The molecule has 0 radical (unpaired) electrons. The highest BCUT2D eigenvalue weighted by atomic mass is 16.6. The van der Waals surface area contributed by atoms with E-state index in [-0.39, 0.29) is 11.6 Å². The number of nitrogens with zero attached hydrogens (tertiary/aromatic N) is 3. The zero-order valence-electron chi connectivity index (χ0n) is 12.6. The molecule has 0 N–H and O–H groups in total. The van der Waals surface area contributed by atoms with Gasteiger partial charge in [0.1, 0.15) is 0 Å². The summed E-state index contributed by atoms with van der Waals surface area (Å²) in [4.78, 5) is 26.6. The lowest BCUT2D eigenvalue weighted by Gasteiger charge is -2.36. The Bertz CT molecular complexity index is 552. The SMILES string of the molecule is O=C1CN(c2ccc([N+](=O)[O-])cc2)CCN1CC1CCCC1. The van der Waals surface area contributed by atoms with Crippen LogP contribution in [0.15, 0.2) is 24.3 Å². The van der Waals surface area contributed by atoms with Crippen molar-refractivity contribution in [2.45, 2.75) is 25.7 Å². The predicted octanol–water partition coefficient (Wildman–Crippen LogP) is 2.43. The first-order valence-electron chi connectivity index (χ1n) is 7.90. The van der Waals surface area contributed by atoms with Gasteiger partial charge in [0.25, 0.3) is 5.69 Å². The van der Waals surface area contributed by atoms with Crippen molar-refractivity contribution < 1.29 is 9.72 Å². The van der Waals surface area contributed by atoms with Gasteiger partial charge in [-0.3, -0.25) is 14.9 Å². The normalized spacial score (nSPS) is 19.7. The number of hydrogen-bond acceptors (Lipinski definition) is 4. The summed E-state index contributed by atoms with van der Waals surface area (Å²) in [6.45, 7) is 2.79. The molecule has 1 aromatic rings. The van der Waals surface area contributed by atoms with E-state index in [0.717, 1.165) is 25.3 Å². The number of hydrogen-bond donors (Lipinski definition) is 0. The van der Waals surface area contributed by atoms with Crippen LogP contribution in [-0.4, -0.2) is 41.9 Å². The third kappa shape index (κ3) is 3.21. The molecule has 3 rings (SSSR count). The van der Waals surface area contributed by atoms with E-state index < -0.39 is 4.92 Å². The average Bonchev–Trinajstić information content (AvgIpc) is 3.02. The maximum Gasteiger partial charge on any atom is 0.269 e. The minimum absolute atomic E-state index is 0.0787. The highest BCUT2D eigenvalue weighted by molar-refractivity contribution is 5.82. The number of piperazine rings is 1. The fraction of sp³-hybridized carbons (Fsp3) is 0.562. The van der Waals surface area contributed by atoms with E-state index in [1.807, 2.05) is 9.80 Å². The first-order valence-corrected chi connectivity index (χ1v) is 7.90. The summed E-state index contributed by atoms with van der Waals surface area (Å²) in [5, 5.41) is 10.7. The predicted molar refractivity (Wildman–Crippen MR) is 83.8 cm³/mol. The van der Waals surface area contributed by atoms with Gasteiger partial charge in [-0.2, -0.15) is 0 Å². The number of benzene rings is 1. The monoisotopic (exact) mass is 303 g/mol. The maximum atomic E-state index is 12.3. The Kier molecular flexibility index (Phi) is 4.27. The second kappa shape index (κ2) is 6.34. The van der Waals surface area contributed by atoms with Crippen LogP contribution < -0.4 is 4.90 Å². The number of rotatable bonds is 4. The van der Waals surface area contributed by atoms with Gasteiger partial charge in [0, 0.05) is 37.5 Å². The molecule has 0 bridgehead atoms. The van der Waals surface area contributed by atoms with Crippen molar-refractivity contribution in [1.82, 2.24) is 4.90 Å². The number of non-ortho nitro benzene ring substituents is 1. The maximum absolute atomic E-state index is 12.3. The zero-order valence-corrected chi connectivity index (χ0v) is 12.6. The smallest absolute Gasteiger partial charge is 0.269 e. The minimum atomic E-state index is -0.408. The van der Waals surface area contributed by atoms with Crippen LogP contribution in [0.25, 0.3) is 0 Å². The van der Waals surface area contributed by atoms with E-state index in [4.69, 9.17) is 0 Å². The van der Waals surface area contributed by atoms with Gasteiger partial charge in [-0.05, 0) is 30.9 Å². The van der Waals surface area contributed by atoms with Crippen LogP contribution in [0.1, 0.15) is 25.7 Å². The van der Waals surface area contributed by atoms with Crippen molar-refractivity contribution in [1.29, 1.82) is 0 Å². The van der Waals surface area contributed by atoms with Crippen LogP contribution in [0.3, 0.4) is 0 Å². The Balaban J connectivity index is 1.59. The fourth-order valence-electron chi connectivity index (χ4n) is 3.41. The number of nitro groups is 1. The molecule has 22 heavy (non-hydrogen) atoms. The molecule has 2 aliphatic rings. The first kappa shape index (κ1) is 14.8. The lowest BCUT2D eigenvalue weighted by molar-refractivity contribution is -0.384. The van der Waals surface area contributed by atoms with E-state index in [0.29, 0.717) is 12.5 Å². The number of anilines is 1. The molecule has 1 amide bonds. The van der Waals surface area contributed by atoms with Gasteiger partial charge < -0.3 is 9.80 Å². The Hall–Kier alpha value is -2.11. The average molecular weight is 303 g/mol. The molecule has 0 aromatic heterocycles. The zero-order chi connectivity index (χ0) is 15.5. The largest absolute Gasteiger partial charge is 0.360 e. The second-order valence-electron chi connectivity index (χ2n) is 6.19. The molecular weight excluding hydrogens is 282 g/mol. The summed E-state index contributed by atoms with van der Waals surface area (Å²) in [6, 6.07) is 6.42. The molecule has 2 fully saturated rings. The minimum Gasteiger partial charge on any atom is -0.360 e. The fourth-order valence-corrected chi connectivity index (χ4v) is 3.41. The Morgan fingerprint density at radius 3 is 2.41 bits per heavy atom. The van der Waals surface area contributed by atoms with Gasteiger partial charge >= 0.3 is 0 Å². The summed E-state index contributed by atoms with van der Waals surface area (Å²) in [6.07, 6.45) is 5.08. The van der Waals surface area contributed by atoms with Crippen LogP contribution >= 0.6 is 0 Å². The van der Waals surface area contributed by atoms with Crippen molar-refractivity contribution in [2.24, 2.45) is 5.92 Å². The van der Waals surface area contributed by atoms with Crippen LogP contribution in [0, 0.1) is 16.0 Å². The standard InChI is InChI=1S/C16H21N3O3/c20-16-12-17(14-5-7-15(8-6-14)19(21)22)9-10-18(16)11-13-3-1-2-4-13/h5-8,13H,1-4,9-12H2. The van der Waals surface area contributed by atoms with Crippen molar-refractivity contribution in [2.75, 3.05) is 31.1 Å². The van der Waals surface area contributed by atoms with E-state index in [1.165, 1.54) is 37.8 Å². The van der Waals surface area contributed by atoms with Gasteiger partial charge in [0.15, 0.2) is 0 Å². The highest BCUT2D eigenvalue weighted by Gasteiger charge is 2.27. The van der Waals surface area contributed by atoms with Crippen molar-refractivity contribution in [3.05, 3.63) is 34.4 Å². The summed E-state index contributed by atoms with van der Waals surface area (Å²) >= 11 is 0. The summed E-state index contributed by atoms with van der Waals surface area (Å²) in [7, 11) is 0. The third-order valence-corrected chi connectivity index (χ3v) is 4.70. The molecule has 1 aliphatic heterocycles. The summed E-state index contributed by atoms with van der Waals surface area (Å²) in [5.74, 6) is 0.839. The van der Waals surface area contributed by atoms with Gasteiger partial charge in [-0.25, -0.2) is 0 Å². The first-order chi connectivity index (χ1) is 10.6. The van der Waals surface area contributed by atoms with E-state index in [1.54, 1.807) is 12.1 Å². The lowest BCUT2D eigenvalue weighted by atomic mass is 10.1. The second-order valence-corrected chi connectivity index (χ2v) is 6.19. The van der Waals surface area contributed by atoms with Crippen LogP contribution in [0.5, 0.6) is 0 Å². The molecule has 6 nitrogen and oxygen atoms in total. The molecule has 118 valence electrons. The van der Waals surface area contributed by atoms with Crippen LogP contribution in [0.2, 0.25) is 0 Å². The summed E-state index contributed by atoms with van der Waals surface area (Å²) < 4.78 is 0. The highest BCUT2D eigenvalue weighted by Crippen LogP contribution is 2.27. The quantitative estimate of drug-likeness (QED) is 0.633. The topological polar surface area (TPSA) is 66.7 Å². The summed E-state index contributed by atoms with van der Waals surface area (Å²) in [5.41, 5.74) is 0.953. The number of amides is 1.